The molecule has 0 heterocycles. The van der Waals surface area contributed by atoms with E-state index in [1.807, 2.05) is 109 Å². The molecule has 3 nitrogen and oxygen atoms in total. The lowest BCUT2D eigenvalue weighted by molar-refractivity contribution is 0.389. The van der Waals surface area contributed by atoms with Crippen LogP contribution in [0.3, 0.4) is 0 Å². The van der Waals surface area contributed by atoms with Crippen LogP contribution < -0.4 is 14.2 Å². The Morgan fingerprint density at radius 2 is 0.800 bits per heavy atom. The standard InChI is InChI=1S/C32H22O3/c1-4-14-26(15-5-1)33-30-22-25-20-23-12-10-11-13-24(23)21-29(25)31(34-27-16-6-2-7-17-27)32(30)35-28-18-8-3-9-19-28/h1-22H. The van der Waals surface area contributed by atoms with Crippen LogP contribution in [0.4, 0.5) is 0 Å². The molecule has 0 aliphatic carbocycles. The Morgan fingerprint density at radius 1 is 0.343 bits per heavy atom. The van der Waals surface area contributed by atoms with Crippen molar-refractivity contribution in [2.75, 3.05) is 0 Å². The molecular weight excluding hydrogens is 432 g/mol. The molecule has 0 saturated carbocycles. The van der Waals surface area contributed by atoms with Gasteiger partial charge in [-0.2, -0.15) is 0 Å². The molecule has 35 heavy (non-hydrogen) atoms. The highest BCUT2D eigenvalue weighted by Gasteiger charge is 2.21. The minimum Gasteiger partial charge on any atom is -0.453 e. The average Bonchev–Trinajstić information content (AvgIpc) is 2.91. The molecular formula is C32H22O3. The van der Waals surface area contributed by atoms with E-state index in [1.165, 1.54) is 0 Å². The molecule has 0 radical (unpaired) electrons. The molecule has 3 heteroatoms. The molecule has 0 spiro atoms. The number of rotatable bonds is 6. The van der Waals surface area contributed by atoms with Crippen LogP contribution in [0.5, 0.6) is 34.5 Å². The van der Waals surface area contributed by atoms with Gasteiger partial charge in [0.2, 0.25) is 5.75 Å². The molecule has 0 saturated heterocycles. The van der Waals surface area contributed by atoms with Crippen LogP contribution in [0.15, 0.2) is 133 Å². The summed E-state index contributed by atoms with van der Waals surface area (Å²) in [5.74, 6) is 3.84. The third-order valence-corrected chi connectivity index (χ3v) is 5.78. The summed E-state index contributed by atoms with van der Waals surface area (Å²) in [4.78, 5) is 0. The second kappa shape index (κ2) is 9.24. The summed E-state index contributed by atoms with van der Waals surface area (Å²) >= 11 is 0. The number of benzene rings is 6. The summed E-state index contributed by atoms with van der Waals surface area (Å²) in [5, 5.41) is 4.22. The van der Waals surface area contributed by atoms with E-state index in [4.69, 9.17) is 14.2 Å². The Hall–Kier alpha value is -4.76. The van der Waals surface area contributed by atoms with Crippen molar-refractivity contribution >= 4 is 21.5 Å². The van der Waals surface area contributed by atoms with Gasteiger partial charge in [-0.3, -0.25) is 0 Å². The van der Waals surface area contributed by atoms with Crippen LogP contribution in [0.2, 0.25) is 0 Å². The number of hydrogen-bond acceptors (Lipinski definition) is 3. The second-order valence-corrected chi connectivity index (χ2v) is 8.20. The van der Waals surface area contributed by atoms with Gasteiger partial charge in [0.1, 0.15) is 17.2 Å². The summed E-state index contributed by atoms with van der Waals surface area (Å²) in [5.41, 5.74) is 0. The minimum atomic E-state index is 0.520. The maximum absolute atomic E-state index is 6.52. The van der Waals surface area contributed by atoms with E-state index in [0.29, 0.717) is 23.0 Å². The molecule has 0 N–H and O–H groups in total. The Kier molecular flexibility index (Phi) is 5.50. The molecule has 0 fully saturated rings. The molecule has 0 unspecified atom stereocenters. The zero-order chi connectivity index (χ0) is 23.5. The fourth-order valence-corrected chi connectivity index (χ4v) is 4.12. The molecule has 0 atom stereocenters. The smallest absolute Gasteiger partial charge is 0.213 e. The van der Waals surface area contributed by atoms with Gasteiger partial charge in [0.25, 0.3) is 0 Å². The van der Waals surface area contributed by atoms with Crippen molar-refractivity contribution in [1.29, 1.82) is 0 Å². The van der Waals surface area contributed by atoms with E-state index in [-0.39, 0.29) is 0 Å². The van der Waals surface area contributed by atoms with Gasteiger partial charge < -0.3 is 14.2 Å². The monoisotopic (exact) mass is 454 g/mol. The first-order valence-electron chi connectivity index (χ1n) is 11.5. The highest BCUT2D eigenvalue weighted by molar-refractivity contribution is 6.03. The van der Waals surface area contributed by atoms with E-state index in [9.17, 15) is 0 Å². The number of para-hydroxylation sites is 3. The van der Waals surface area contributed by atoms with E-state index in [2.05, 4.69) is 24.3 Å². The van der Waals surface area contributed by atoms with Crippen molar-refractivity contribution in [3.8, 4) is 34.5 Å². The molecule has 168 valence electrons. The molecule has 0 bridgehead atoms. The van der Waals surface area contributed by atoms with Crippen LogP contribution in [-0.2, 0) is 0 Å². The zero-order valence-electron chi connectivity index (χ0n) is 18.9. The van der Waals surface area contributed by atoms with Crippen LogP contribution in [-0.4, -0.2) is 0 Å². The number of ether oxygens (including phenoxy) is 3. The quantitative estimate of drug-likeness (QED) is 0.235. The fraction of sp³-hybridized carbons (Fsp3) is 0. The van der Waals surface area contributed by atoms with Crippen LogP contribution in [0.25, 0.3) is 21.5 Å². The molecule has 6 aromatic rings. The van der Waals surface area contributed by atoms with Crippen molar-refractivity contribution < 1.29 is 14.2 Å². The summed E-state index contributed by atoms with van der Waals surface area (Å²) in [7, 11) is 0. The van der Waals surface area contributed by atoms with Gasteiger partial charge in [-0.15, -0.1) is 0 Å². The summed E-state index contributed by atoms with van der Waals surface area (Å²) in [6.07, 6.45) is 0. The summed E-state index contributed by atoms with van der Waals surface area (Å²) < 4.78 is 19.3. The first-order chi connectivity index (χ1) is 17.3. The van der Waals surface area contributed by atoms with Gasteiger partial charge >= 0.3 is 0 Å². The third kappa shape index (κ3) is 4.40. The largest absolute Gasteiger partial charge is 0.453 e. The lowest BCUT2D eigenvalue weighted by atomic mass is 10.0. The van der Waals surface area contributed by atoms with Gasteiger partial charge in [0.05, 0.1) is 0 Å². The van der Waals surface area contributed by atoms with Crippen molar-refractivity contribution in [3.63, 3.8) is 0 Å². The maximum Gasteiger partial charge on any atom is 0.213 e. The molecule has 0 aliphatic heterocycles. The molecule has 6 rings (SSSR count). The maximum atomic E-state index is 6.52. The second-order valence-electron chi connectivity index (χ2n) is 8.20. The van der Waals surface area contributed by atoms with E-state index < -0.39 is 0 Å². The summed E-state index contributed by atoms with van der Waals surface area (Å²) in [6, 6.07) is 43.8. The van der Waals surface area contributed by atoms with Crippen molar-refractivity contribution in [2.45, 2.75) is 0 Å². The van der Waals surface area contributed by atoms with Gasteiger partial charge in [-0.05, 0) is 70.8 Å². The zero-order valence-corrected chi connectivity index (χ0v) is 18.9. The first-order valence-corrected chi connectivity index (χ1v) is 11.5. The van der Waals surface area contributed by atoms with Crippen molar-refractivity contribution in [1.82, 2.24) is 0 Å². The number of hydrogen-bond donors (Lipinski definition) is 0. The van der Waals surface area contributed by atoms with Crippen LogP contribution >= 0.6 is 0 Å². The molecule has 6 aromatic carbocycles. The van der Waals surface area contributed by atoms with E-state index in [0.717, 1.165) is 33.0 Å². The van der Waals surface area contributed by atoms with Gasteiger partial charge in [0, 0.05) is 5.39 Å². The number of fused-ring (bicyclic) bond motifs is 2. The first kappa shape index (κ1) is 20.8. The van der Waals surface area contributed by atoms with Crippen molar-refractivity contribution in [3.05, 3.63) is 133 Å². The predicted octanol–water partition coefficient (Wildman–Crippen LogP) is 9.37. The Labute approximate surface area is 203 Å². The lowest BCUT2D eigenvalue weighted by Gasteiger charge is -2.19. The van der Waals surface area contributed by atoms with Gasteiger partial charge in [-0.1, -0.05) is 78.9 Å². The minimum absolute atomic E-state index is 0.520. The lowest BCUT2D eigenvalue weighted by Crippen LogP contribution is -1.96. The van der Waals surface area contributed by atoms with Crippen LogP contribution in [0, 0.1) is 0 Å². The Bertz CT molecular complexity index is 1590. The predicted molar refractivity (Wildman–Crippen MR) is 141 cm³/mol. The third-order valence-electron chi connectivity index (χ3n) is 5.78. The Balaban J connectivity index is 1.62. The van der Waals surface area contributed by atoms with E-state index >= 15 is 0 Å². The molecule has 0 aliphatic rings. The Morgan fingerprint density at radius 3 is 1.37 bits per heavy atom. The van der Waals surface area contributed by atoms with Crippen LogP contribution in [0.1, 0.15) is 0 Å². The summed E-state index contributed by atoms with van der Waals surface area (Å²) in [6.45, 7) is 0. The van der Waals surface area contributed by atoms with Crippen molar-refractivity contribution in [2.24, 2.45) is 0 Å². The molecule has 0 aromatic heterocycles. The van der Waals surface area contributed by atoms with E-state index in [1.54, 1.807) is 0 Å². The SMILES string of the molecule is c1ccc(Oc2cc3cc4ccccc4cc3c(Oc3ccccc3)c2Oc2ccccc2)cc1. The highest BCUT2D eigenvalue weighted by Crippen LogP contribution is 2.49. The fourth-order valence-electron chi connectivity index (χ4n) is 4.12. The topological polar surface area (TPSA) is 27.7 Å². The normalized spacial score (nSPS) is 10.9. The van der Waals surface area contributed by atoms with Gasteiger partial charge in [0.15, 0.2) is 11.5 Å². The molecule has 0 amide bonds. The highest BCUT2D eigenvalue weighted by atomic mass is 16.5. The average molecular weight is 455 g/mol. The van der Waals surface area contributed by atoms with Gasteiger partial charge in [-0.25, -0.2) is 0 Å².